The van der Waals surface area contributed by atoms with E-state index in [1.807, 2.05) is 0 Å². The van der Waals surface area contributed by atoms with Gasteiger partial charge in [-0.05, 0) is 38.6 Å². The van der Waals surface area contributed by atoms with Crippen LogP contribution in [0, 0.1) is 12.8 Å². The van der Waals surface area contributed by atoms with Gasteiger partial charge in [-0.1, -0.05) is 0 Å². The molecule has 0 bridgehead atoms. The normalized spacial score (nSPS) is 19.2. The van der Waals surface area contributed by atoms with Gasteiger partial charge in [-0.15, -0.1) is 0 Å². The molecule has 0 spiro atoms. The minimum absolute atomic E-state index is 0.291. The summed E-state index contributed by atoms with van der Waals surface area (Å²) in [6.45, 7) is 3.56. The van der Waals surface area contributed by atoms with Gasteiger partial charge in [-0.25, -0.2) is 8.42 Å². The molecular formula is C11H20N4O2S. The van der Waals surface area contributed by atoms with Crippen molar-refractivity contribution in [3.63, 3.8) is 0 Å². The smallest absolute Gasteiger partial charge is 0.246 e. The third-order valence-electron chi connectivity index (χ3n) is 3.55. The first kappa shape index (κ1) is 13.5. The molecular weight excluding hydrogens is 252 g/mol. The van der Waals surface area contributed by atoms with Crippen molar-refractivity contribution >= 4 is 10.0 Å². The molecule has 1 aromatic rings. The van der Waals surface area contributed by atoms with Crippen molar-refractivity contribution in [3.8, 4) is 0 Å². The molecule has 0 aliphatic carbocycles. The zero-order valence-corrected chi connectivity index (χ0v) is 11.4. The van der Waals surface area contributed by atoms with Gasteiger partial charge in [0.2, 0.25) is 10.0 Å². The van der Waals surface area contributed by atoms with Gasteiger partial charge in [0.05, 0.1) is 11.9 Å². The Bertz CT molecular complexity index is 489. The van der Waals surface area contributed by atoms with Gasteiger partial charge in [0.15, 0.2) is 0 Å². The first-order valence-corrected chi connectivity index (χ1v) is 7.70. The Labute approximate surface area is 108 Å². The highest BCUT2D eigenvalue weighted by molar-refractivity contribution is 7.89. The summed E-state index contributed by atoms with van der Waals surface area (Å²) in [6.07, 6.45) is 4.16. The number of nitrogens with one attached hydrogen (secondary N) is 1. The third-order valence-corrected chi connectivity index (χ3v) is 5.56. The highest BCUT2D eigenvalue weighted by atomic mass is 32.2. The minimum Gasteiger partial charge on any atom is -0.330 e. The molecule has 0 amide bonds. The molecule has 18 heavy (non-hydrogen) atoms. The van der Waals surface area contributed by atoms with Gasteiger partial charge in [0, 0.05) is 13.1 Å². The number of hydrogen-bond donors (Lipinski definition) is 2. The molecule has 0 aromatic carbocycles. The number of piperidine rings is 1. The van der Waals surface area contributed by atoms with Crippen molar-refractivity contribution in [3.05, 3.63) is 11.9 Å². The molecule has 1 aromatic heterocycles. The Morgan fingerprint density at radius 3 is 2.67 bits per heavy atom. The minimum atomic E-state index is -3.38. The summed E-state index contributed by atoms with van der Waals surface area (Å²) in [4.78, 5) is 0.291. The second kappa shape index (κ2) is 5.38. The number of aryl methyl sites for hydroxylation is 1. The maximum absolute atomic E-state index is 12.4. The van der Waals surface area contributed by atoms with Crippen molar-refractivity contribution in [2.75, 3.05) is 19.6 Å². The van der Waals surface area contributed by atoms with Crippen LogP contribution in [0.2, 0.25) is 0 Å². The molecule has 1 aliphatic heterocycles. The number of nitrogens with zero attached hydrogens (tertiary/aromatic N) is 2. The molecule has 2 heterocycles. The molecule has 0 radical (unpaired) electrons. The topological polar surface area (TPSA) is 92.1 Å². The zero-order chi connectivity index (χ0) is 13.2. The molecule has 3 N–H and O–H groups in total. The third kappa shape index (κ3) is 2.57. The van der Waals surface area contributed by atoms with E-state index in [0.29, 0.717) is 36.1 Å². The van der Waals surface area contributed by atoms with Crippen LogP contribution < -0.4 is 5.73 Å². The number of sulfonamides is 1. The van der Waals surface area contributed by atoms with Crippen LogP contribution in [0.5, 0.6) is 0 Å². The van der Waals surface area contributed by atoms with Crippen LogP contribution in [-0.2, 0) is 10.0 Å². The molecule has 0 atom stereocenters. The molecule has 7 heteroatoms. The van der Waals surface area contributed by atoms with Crippen LogP contribution in [-0.4, -0.2) is 42.6 Å². The van der Waals surface area contributed by atoms with E-state index in [9.17, 15) is 8.42 Å². The van der Waals surface area contributed by atoms with Crippen molar-refractivity contribution in [1.82, 2.24) is 14.5 Å². The number of aromatic amines is 1. The van der Waals surface area contributed by atoms with Crippen LogP contribution in [0.3, 0.4) is 0 Å². The Morgan fingerprint density at radius 2 is 2.17 bits per heavy atom. The lowest BCUT2D eigenvalue weighted by molar-refractivity contribution is 0.265. The average Bonchev–Trinajstić information content (AvgIpc) is 2.77. The van der Waals surface area contributed by atoms with Crippen LogP contribution in [0.1, 0.15) is 25.0 Å². The van der Waals surface area contributed by atoms with Gasteiger partial charge >= 0.3 is 0 Å². The quantitative estimate of drug-likeness (QED) is 0.833. The lowest BCUT2D eigenvalue weighted by Gasteiger charge is -2.30. The zero-order valence-electron chi connectivity index (χ0n) is 10.6. The number of aromatic nitrogens is 2. The second-order valence-corrected chi connectivity index (χ2v) is 6.69. The molecule has 0 unspecified atom stereocenters. The lowest BCUT2D eigenvalue weighted by atomic mass is 9.95. The summed E-state index contributed by atoms with van der Waals surface area (Å²) in [5.74, 6) is 0.562. The Kier molecular flexibility index (Phi) is 4.04. The first-order valence-electron chi connectivity index (χ1n) is 6.26. The van der Waals surface area contributed by atoms with Gasteiger partial charge in [-0.2, -0.15) is 9.40 Å². The predicted octanol–water partition coefficient (Wildman–Crippen LogP) is 0.468. The van der Waals surface area contributed by atoms with E-state index in [1.54, 1.807) is 11.2 Å². The molecule has 0 saturated carbocycles. The molecule has 6 nitrogen and oxygen atoms in total. The monoisotopic (exact) mass is 272 g/mol. The maximum atomic E-state index is 12.4. The van der Waals surface area contributed by atoms with E-state index < -0.39 is 10.0 Å². The van der Waals surface area contributed by atoms with Crippen molar-refractivity contribution in [1.29, 1.82) is 0 Å². The van der Waals surface area contributed by atoms with E-state index in [1.165, 1.54) is 6.20 Å². The second-order valence-electron chi connectivity index (χ2n) is 4.78. The summed E-state index contributed by atoms with van der Waals surface area (Å²) < 4.78 is 26.3. The molecule has 1 fully saturated rings. The van der Waals surface area contributed by atoms with Crippen LogP contribution in [0.4, 0.5) is 0 Å². The van der Waals surface area contributed by atoms with Gasteiger partial charge in [0.25, 0.3) is 0 Å². The number of rotatable bonds is 4. The van der Waals surface area contributed by atoms with Crippen LogP contribution in [0.15, 0.2) is 11.1 Å². The summed E-state index contributed by atoms with van der Waals surface area (Å²) >= 11 is 0. The highest BCUT2D eigenvalue weighted by Crippen LogP contribution is 2.25. The Morgan fingerprint density at radius 1 is 1.50 bits per heavy atom. The van der Waals surface area contributed by atoms with Gasteiger partial charge < -0.3 is 5.73 Å². The highest BCUT2D eigenvalue weighted by Gasteiger charge is 2.30. The predicted molar refractivity (Wildman–Crippen MR) is 68.5 cm³/mol. The summed E-state index contributed by atoms with van der Waals surface area (Å²) in [5, 5.41) is 6.45. The maximum Gasteiger partial charge on any atom is 0.246 e. The summed E-state index contributed by atoms with van der Waals surface area (Å²) in [5.41, 5.74) is 6.13. The number of nitrogens with two attached hydrogens (primary N) is 1. The van der Waals surface area contributed by atoms with Gasteiger partial charge in [0.1, 0.15) is 4.90 Å². The largest absolute Gasteiger partial charge is 0.330 e. The van der Waals surface area contributed by atoms with Crippen LogP contribution in [0.25, 0.3) is 0 Å². The van der Waals surface area contributed by atoms with Crippen molar-refractivity contribution in [2.45, 2.75) is 31.1 Å². The van der Waals surface area contributed by atoms with E-state index in [4.69, 9.17) is 5.73 Å². The standard InChI is InChI=1S/C11H20N4O2S/c1-9-11(8-13-14-9)18(16,17)15-6-3-10(2-5-12)4-7-15/h8,10H,2-7,12H2,1H3,(H,13,14). The Balaban J connectivity index is 2.08. The summed E-state index contributed by atoms with van der Waals surface area (Å²) in [6, 6.07) is 0. The van der Waals surface area contributed by atoms with Gasteiger partial charge in [-0.3, -0.25) is 5.10 Å². The van der Waals surface area contributed by atoms with E-state index in [-0.39, 0.29) is 0 Å². The van der Waals surface area contributed by atoms with Crippen molar-refractivity contribution < 1.29 is 8.42 Å². The van der Waals surface area contributed by atoms with E-state index in [0.717, 1.165) is 19.3 Å². The SMILES string of the molecule is Cc1[nH]ncc1S(=O)(=O)N1CCC(CCN)CC1. The fraction of sp³-hybridized carbons (Fsp3) is 0.727. The van der Waals surface area contributed by atoms with Crippen molar-refractivity contribution in [2.24, 2.45) is 11.7 Å². The molecule has 102 valence electrons. The van der Waals surface area contributed by atoms with E-state index in [2.05, 4.69) is 10.2 Å². The first-order chi connectivity index (χ1) is 8.55. The van der Waals surface area contributed by atoms with E-state index >= 15 is 0 Å². The average molecular weight is 272 g/mol. The fourth-order valence-electron chi connectivity index (χ4n) is 2.41. The summed E-state index contributed by atoms with van der Waals surface area (Å²) in [7, 11) is -3.38. The van der Waals surface area contributed by atoms with Crippen LogP contribution >= 0.6 is 0 Å². The fourth-order valence-corrected chi connectivity index (χ4v) is 4.00. The number of hydrogen-bond acceptors (Lipinski definition) is 4. The Hall–Kier alpha value is -0.920. The number of H-pyrrole nitrogens is 1. The molecule has 2 rings (SSSR count). The molecule has 1 aliphatic rings. The lowest BCUT2D eigenvalue weighted by Crippen LogP contribution is -2.38. The molecule has 1 saturated heterocycles.